The molecule has 9 heteroatoms. The number of nitrogens with zero attached hydrogens (tertiary/aromatic N) is 1. The van der Waals surface area contributed by atoms with Crippen molar-refractivity contribution in [1.82, 2.24) is 5.43 Å². The predicted octanol–water partition coefficient (Wildman–Crippen LogP) is 2.15. The minimum Gasteiger partial charge on any atom is -0.502 e. The van der Waals surface area contributed by atoms with Gasteiger partial charge in [0.1, 0.15) is 0 Å². The molecule has 0 fully saturated rings. The first-order valence-corrected chi connectivity index (χ1v) is 7.67. The molecule has 8 nitrogen and oxygen atoms in total. The van der Waals surface area contributed by atoms with Crippen molar-refractivity contribution < 1.29 is 24.2 Å². The van der Waals surface area contributed by atoms with Crippen LogP contribution in [0.15, 0.2) is 41.5 Å². The van der Waals surface area contributed by atoms with E-state index in [4.69, 9.17) is 21.1 Å². The molecule has 0 unspecified atom stereocenters. The van der Waals surface area contributed by atoms with Crippen molar-refractivity contribution in [3.8, 4) is 17.2 Å². The Morgan fingerprint density at radius 3 is 2.35 bits per heavy atom. The van der Waals surface area contributed by atoms with E-state index in [9.17, 15) is 14.7 Å². The second-order valence-corrected chi connectivity index (χ2v) is 5.37. The first-order valence-electron chi connectivity index (χ1n) is 7.29. The number of ether oxygens (including phenoxy) is 2. The van der Waals surface area contributed by atoms with Gasteiger partial charge in [-0.25, -0.2) is 5.43 Å². The molecule has 3 N–H and O–H groups in total. The largest absolute Gasteiger partial charge is 0.502 e. The van der Waals surface area contributed by atoms with E-state index >= 15 is 0 Å². The number of hydrogen-bond acceptors (Lipinski definition) is 6. The number of phenols is 1. The van der Waals surface area contributed by atoms with Crippen molar-refractivity contribution in [2.24, 2.45) is 5.10 Å². The average Bonchev–Trinajstić information content (AvgIpc) is 2.62. The van der Waals surface area contributed by atoms with Crippen molar-refractivity contribution in [3.63, 3.8) is 0 Å². The van der Waals surface area contributed by atoms with Crippen molar-refractivity contribution in [1.29, 1.82) is 0 Å². The van der Waals surface area contributed by atoms with Crippen LogP contribution in [-0.4, -0.2) is 37.4 Å². The molecule has 0 saturated heterocycles. The number of hydrazone groups is 1. The lowest BCUT2D eigenvalue weighted by molar-refractivity contribution is -0.136. The topological polar surface area (TPSA) is 109 Å². The van der Waals surface area contributed by atoms with E-state index in [1.165, 1.54) is 38.6 Å². The van der Waals surface area contributed by atoms with E-state index in [1.807, 2.05) is 0 Å². The summed E-state index contributed by atoms with van der Waals surface area (Å²) < 4.78 is 10.0. The number of anilines is 1. The summed E-state index contributed by atoms with van der Waals surface area (Å²) in [4.78, 5) is 23.6. The number of benzene rings is 2. The van der Waals surface area contributed by atoms with Crippen LogP contribution in [0.4, 0.5) is 5.69 Å². The summed E-state index contributed by atoms with van der Waals surface area (Å²) in [5.41, 5.74) is 2.96. The van der Waals surface area contributed by atoms with Crippen molar-refractivity contribution in [2.75, 3.05) is 19.5 Å². The van der Waals surface area contributed by atoms with Gasteiger partial charge in [-0.3, -0.25) is 9.59 Å². The summed E-state index contributed by atoms with van der Waals surface area (Å²) >= 11 is 5.81. The van der Waals surface area contributed by atoms with Crippen LogP contribution in [0.1, 0.15) is 5.56 Å². The molecule has 136 valence electrons. The van der Waals surface area contributed by atoms with E-state index in [2.05, 4.69) is 15.8 Å². The van der Waals surface area contributed by atoms with Crippen LogP contribution < -0.4 is 20.2 Å². The zero-order valence-electron chi connectivity index (χ0n) is 13.9. The number of methoxy groups -OCH3 is 2. The van der Waals surface area contributed by atoms with E-state index in [1.54, 1.807) is 18.2 Å². The summed E-state index contributed by atoms with van der Waals surface area (Å²) in [7, 11) is 2.77. The molecular weight excluding hydrogens is 362 g/mol. The summed E-state index contributed by atoms with van der Waals surface area (Å²) in [6.07, 6.45) is 1.27. The van der Waals surface area contributed by atoms with Crippen molar-refractivity contribution in [2.45, 2.75) is 0 Å². The Morgan fingerprint density at radius 1 is 1.12 bits per heavy atom. The molecule has 0 aliphatic rings. The van der Waals surface area contributed by atoms with Gasteiger partial charge >= 0.3 is 11.8 Å². The third kappa shape index (κ3) is 4.87. The highest BCUT2D eigenvalue weighted by molar-refractivity contribution is 6.39. The number of phenolic OH excluding ortho intramolecular Hbond substituents is 1. The van der Waals surface area contributed by atoms with Crippen molar-refractivity contribution in [3.05, 3.63) is 47.0 Å². The fraction of sp³-hybridized carbons (Fsp3) is 0.118. The highest BCUT2D eigenvalue weighted by Crippen LogP contribution is 2.36. The van der Waals surface area contributed by atoms with E-state index in [0.29, 0.717) is 16.3 Å². The molecule has 0 saturated carbocycles. The van der Waals surface area contributed by atoms with Gasteiger partial charge in [0.2, 0.25) is 5.75 Å². The Balaban J connectivity index is 2.01. The first kappa shape index (κ1) is 19.1. The number of amides is 2. The summed E-state index contributed by atoms with van der Waals surface area (Å²) in [5.74, 6) is -1.66. The third-order valence-corrected chi connectivity index (χ3v) is 3.41. The molecule has 0 atom stereocenters. The quantitative estimate of drug-likeness (QED) is 0.420. The average molecular weight is 378 g/mol. The Hall–Kier alpha value is -3.26. The SMILES string of the molecule is COc1cc(/C=N\NC(=O)C(=O)Nc2cccc(Cl)c2)cc(OC)c1O. The van der Waals surface area contributed by atoms with Crippen LogP contribution in [0, 0.1) is 0 Å². The van der Waals surface area contributed by atoms with Crippen LogP contribution in [0.5, 0.6) is 17.2 Å². The molecule has 2 aromatic rings. The normalized spacial score (nSPS) is 10.4. The molecule has 2 amide bonds. The van der Waals surface area contributed by atoms with E-state index < -0.39 is 11.8 Å². The highest BCUT2D eigenvalue weighted by atomic mass is 35.5. The molecule has 0 bridgehead atoms. The molecule has 2 aromatic carbocycles. The van der Waals surface area contributed by atoms with E-state index in [-0.39, 0.29) is 17.2 Å². The van der Waals surface area contributed by atoms with Gasteiger partial charge in [-0.2, -0.15) is 5.10 Å². The van der Waals surface area contributed by atoms with Crippen LogP contribution in [-0.2, 0) is 9.59 Å². The second-order valence-electron chi connectivity index (χ2n) is 4.94. The Labute approximate surface area is 154 Å². The summed E-state index contributed by atoms with van der Waals surface area (Å²) in [5, 5.41) is 16.4. The number of carbonyl (C=O) groups is 2. The number of rotatable bonds is 5. The summed E-state index contributed by atoms with van der Waals surface area (Å²) in [6, 6.07) is 9.35. The molecule has 26 heavy (non-hydrogen) atoms. The van der Waals surface area contributed by atoms with Crippen LogP contribution in [0.25, 0.3) is 0 Å². The monoisotopic (exact) mass is 377 g/mol. The summed E-state index contributed by atoms with van der Waals surface area (Å²) in [6.45, 7) is 0. The number of carbonyl (C=O) groups excluding carboxylic acids is 2. The van der Waals surface area contributed by atoms with Crippen molar-refractivity contribution >= 4 is 35.3 Å². The number of hydrogen-bond donors (Lipinski definition) is 3. The van der Waals surface area contributed by atoms with Gasteiger partial charge in [-0.1, -0.05) is 17.7 Å². The van der Waals surface area contributed by atoms with Gasteiger partial charge < -0.3 is 19.9 Å². The fourth-order valence-electron chi connectivity index (χ4n) is 1.96. The molecule has 0 spiro atoms. The highest BCUT2D eigenvalue weighted by Gasteiger charge is 2.13. The fourth-order valence-corrected chi connectivity index (χ4v) is 2.15. The smallest absolute Gasteiger partial charge is 0.329 e. The van der Waals surface area contributed by atoms with E-state index in [0.717, 1.165) is 0 Å². The Bertz CT molecular complexity index is 829. The molecular formula is C17H16ClN3O5. The maximum absolute atomic E-state index is 11.8. The first-order chi connectivity index (χ1) is 12.4. The minimum atomic E-state index is -0.959. The van der Waals surface area contributed by atoms with Crippen LogP contribution in [0.3, 0.4) is 0 Å². The Morgan fingerprint density at radius 2 is 1.77 bits per heavy atom. The zero-order chi connectivity index (χ0) is 19.1. The standard InChI is InChI=1S/C17H16ClN3O5/c1-25-13-6-10(7-14(26-2)15(13)22)9-19-21-17(24)16(23)20-12-5-3-4-11(18)8-12/h3-9,22H,1-2H3,(H,20,23)(H,21,24)/b19-9-. The molecule has 0 heterocycles. The van der Waals surface area contributed by atoms with Gasteiger partial charge in [-0.15, -0.1) is 0 Å². The maximum atomic E-state index is 11.8. The maximum Gasteiger partial charge on any atom is 0.329 e. The van der Waals surface area contributed by atoms with Gasteiger partial charge in [0.05, 0.1) is 20.4 Å². The lowest BCUT2D eigenvalue weighted by Gasteiger charge is -2.09. The molecule has 0 aliphatic heterocycles. The third-order valence-electron chi connectivity index (χ3n) is 3.17. The zero-order valence-corrected chi connectivity index (χ0v) is 14.7. The number of nitrogens with one attached hydrogen (secondary N) is 2. The number of halogens is 1. The lowest BCUT2D eigenvalue weighted by Crippen LogP contribution is -2.32. The lowest BCUT2D eigenvalue weighted by atomic mass is 10.2. The van der Waals surface area contributed by atoms with Gasteiger partial charge in [0.15, 0.2) is 11.5 Å². The second kappa shape index (κ2) is 8.72. The molecule has 0 radical (unpaired) electrons. The molecule has 0 aromatic heterocycles. The molecule has 2 rings (SSSR count). The van der Waals surface area contributed by atoms with Crippen LogP contribution in [0.2, 0.25) is 5.02 Å². The predicted molar refractivity (Wildman–Crippen MR) is 97.0 cm³/mol. The molecule has 0 aliphatic carbocycles. The van der Waals surface area contributed by atoms with Crippen LogP contribution >= 0.6 is 11.6 Å². The van der Waals surface area contributed by atoms with Gasteiger partial charge in [-0.05, 0) is 30.3 Å². The Kier molecular flexibility index (Phi) is 6.40. The minimum absolute atomic E-state index is 0.155. The number of aromatic hydroxyl groups is 1. The van der Waals surface area contributed by atoms with Gasteiger partial charge in [0, 0.05) is 16.3 Å². The van der Waals surface area contributed by atoms with Gasteiger partial charge in [0.25, 0.3) is 0 Å².